The molecule has 0 aliphatic carbocycles. The van der Waals surface area contributed by atoms with Crippen LogP contribution in [0.2, 0.25) is 0 Å². The molecular weight excluding hydrogens is 140 g/mol. The van der Waals surface area contributed by atoms with Crippen molar-refractivity contribution in [1.29, 1.82) is 0 Å². The van der Waals surface area contributed by atoms with Gasteiger partial charge in [0.05, 0.1) is 11.8 Å². The molecule has 1 heterocycles. The Bertz CT molecular complexity index is 220. The number of nitrogens with zero attached hydrogens (tertiary/aromatic N) is 2. The molecule has 0 fully saturated rings. The van der Waals surface area contributed by atoms with Crippen molar-refractivity contribution in [1.82, 2.24) is 9.78 Å². The zero-order valence-electron chi connectivity index (χ0n) is 7.24. The van der Waals surface area contributed by atoms with Crippen LogP contribution >= 0.6 is 0 Å². The largest absolute Gasteiger partial charge is 0.372 e. The number of ether oxygens (including phenoxy) is 1. The van der Waals surface area contributed by atoms with Gasteiger partial charge in [-0.2, -0.15) is 5.10 Å². The summed E-state index contributed by atoms with van der Waals surface area (Å²) in [4.78, 5) is 0. The van der Waals surface area contributed by atoms with Crippen molar-refractivity contribution in [2.45, 2.75) is 20.0 Å². The van der Waals surface area contributed by atoms with Crippen molar-refractivity contribution in [3.05, 3.63) is 18.0 Å². The molecule has 0 aliphatic heterocycles. The molecule has 0 saturated heterocycles. The van der Waals surface area contributed by atoms with Crippen LogP contribution in [0.1, 0.15) is 25.6 Å². The average Bonchev–Trinajstić information content (AvgIpc) is 2.36. The highest BCUT2D eigenvalue weighted by Crippen LogP contribution is 2.12. The molecule has 0 bridgehead atoms. The molecule has 3 nitrogen and oxygen atoms in total. The third kappa shape index (κ3) is 2.05. The molecular formula is C8H14N2O. The molecule has 0 aromatic carbocycles. The Morgan fingerprint density at radius 3 is 2.91 bits per heavy atom. The lowest BCUT2D eigenvalue weighted by Crippen LogP contribution is -2.01. The van der Waals surface area contributed by atoms with E-state index < -0.39 is 0 Å². The van der Waals surface area contributed by atoms with Gasteiger partial charge in [0.25, 0.3) is 0 Å². The maximum Gasteiger partial charge on any atom is 0.0984 e. The second kappa shape index (κ2) is 3.53. The smallest absolute Gasteiger partial charge is 0.0984 e. The Morgan fingerprint density at radius 1 is 1.73 bits per heavy atom. The fourth-order valence-electron chi connectivity index (χ4n) is 0.985. The summed E-state index contributed by atoms with van der Waals surface area (Å²) in [7, 11) is 1.90. The van der Waals surface area contributed by atoms with Crippen LogP contribution < -0.4 is 0 Å². The second-order valence-electron chi connectivity index (χ2n) is 2.51. The van der Waals surface area contributed by atoms with Gasteiger partial charge in [0.15, 0.2) is 0 Å². The quantitative estimate of drug-likeness (QED) is 0.660. The summed E-state index contributed by atoms with van der Waals surface area (Å²) in [6, 6.07) is 1.97. The van der Waals surface area contributed by atoms with Crippen molar-refractivity contribution >= 4 is 0 Å². The van der Waals surface area contributed by atoms with E-state index in [1.807, 2.05) is 33.2 Å². The Labute approximate surface area is 67.0 Å². The molecule has 0 amide bonds. The first kappa shape index (κ1) is 8.27. The summed E-state index contributed by atoms with van der Waals surface area (Å²) >= 11 is 0. The molecule has 1 atom stereocenters. The van der Waals surface area contributed by atoms with Gasteiger partial charge in [-0.3, -0.25) is 4.68 Å². The number of aromatic nitrogens is 2. The van der Waals surface area contributed by atoms with E-state index in [1.54, 1.807) is 4.68 Å². The fourth-order valence-corrected chi connectivity index (χ4v) is 0.985. The van der Waals surface area contributed by atoms with E-state index in [2.05, 4.69) is 5.10 Å². The molecule has 0 N–H and O–H groups in total. The predicted octanol–water partition coefficient (Wildman–Crippen LogP) is 1.52. The number of hydrogen-bond acceptors (Lipinski definition) is 2. The lowest BCUT2D eigenvalue weighted by Gasteiger charge is -2.06. The molecule has 1 aromatic heterocycles. The van der Waals surface area contributed by atoms with Gasteiger partial charge >= 0.3 is 0 Å². The van der Waals surface area contributed by atoms with Crippen LogP contribution in [-0.2, 0) is 11.8 Å². The van der Waals surface area contributed by atoms with Crippen molar-refractivity contribution in [3.63, 3.8) is 0 Å². The molecule has 11 heavy (non-hydrogen) atoms. The first-order valence-corrected chi connectivity index (χ1v) is 3.85. The van der Waals surface area contributed by atoms with E-state index in [1.165, 1.54) is 0 Å². The van der Waals surface area contributed by atoms with Crippen molar-refractivity contribution in [3.8, 4) is 0 Å². The number of aryl methyl sites for hydroxylation is 1. The lowest BCUT2D eigenvalue weighted by atomic mass is 10.3. The van der Waals surface area contributed by atoms with E-state index in [9.17, 15) is 0 Å². The predicted molar refractivity (Wildman–Crippen MR) is 43.2 cm³/mol. The van der Waals surface area contributed by atoms with Crippen LogP contribution in [0, 0.1) is 0 Å². The Kier molecular flexibility index (Phi) is 2.65. The summed E-state index contributed by atoms with van der Waals surface area (Å²) < 4.78 is 7.15. The highest BCUT2D eigenvalue weighted by atomic mass is 16.5. The van der Waals surface area contributed by atoms with E-state index in [4.69, 9.17) is 4.74 Å². The van der Waals surface area contributed by atoms with Gasteiger partial charge < -0.3 is 4.74 Å². The van der Waals surface area contributed by atoms with E-state index in [0.29, 0.717) is 0 Å². The monoisotopic (exact) mass is 154 g/mol. The van der Waals surface area contributed by atoms with Gasteiger partial charge in [0.2, 0.25) is 0 Å². The van der Waals surface area contributed by atoms with Crippen molar-refractivity contribution < 1.29 is 4.74 Å². The van der Waals surface area contributed by atoms with Crippen LogP contribution in [0.25, 0.3) is 0 Å². The second-order valence-corrected chi connectivity index (χ2v) is 2.51. The Hall–Kier alpha value is -0.830. The number of hydrogen-bond donors (Lipinski definition) is 0. The van der Waals surface area contributed by atoms with Gasteiger partial charge in [0, 0.05) is 19.9 Å². The minimum absolute atomic E-state index is 0.112. The first-order chi connectivity index (χ1) is 5.24. The lowest BCUT2D eigenvalue weighted by molar-refractivity contribution is 0.0729. The van der Waals surface area contributed by atoms with E-state index in [-0.39, 0.29) is 6.10 Å². The summed E-state index contributed by atoms with van der Waals surface area (Å²) in [6.45, 7) is 4.73. The van der Waals surface area contributed by atoms with E-state index in [0.717, 1.165) is 12.3 Å². The summed E-state index contributed by atoms with van der Waals surface area (Å²) in [6.07, 6.45) is 2.03. The molecule has 1 rings (SSSR count). The number of rotatable bonds is 3. The maximum atomic E-state index is 5.37. The molecule has 1 unspecified atom stereocenters. The van der Waals surface area contributed by atoms with Gasteiger partial charge in [-0.05, 0) is 19.9 Å². The highest BCUT2D eigenvalue weighted by molar-refractivity contribution is 5.01. The normalized spacial score (nSPS) is 13.4. The minimum Gasteiger partial charge on any atom is -0.372 e. The van der Waals surface area contributed by atoms with Gasteiger partial charge in [-0.25, -0.2) is 0 Å². The zero-order valence-corrected chi connectivity index (χ0v) is 7.24. The standard InChI is InChI=1S/C8H14N2O/c1-4-11-7(2)8-5-6-10(3)9-8/h5-7H,4H2,1-3H3. The van der Waals surface area contributed by atoms with Gasteiger partial charge in [0.1, 0.15) is 0 Å². The highest BCUT2D eigenvalue weighted by Gasteiger charge is 2.06. The van der Waals surface area contributed by atoms with Crippen LogP contribution in [-0.4, -0.2) is 16.4 Å². The van der Waals surface area contributed by atoms with Crippen LogP contribution in [0.15, 0.2) is 12.3 Å². The third-order valence-electron chi connectivity index (χ3n) is 1.57. The van der Waals surface area contributed by atoms with Crippen molar-refractivity contribution in [2.75, 3.05) is 6.61 Å². The van der Waals surface area contributed by atoms with E-state index >= 15 is 0 Å². The van der Waals surface area contributed by atoms with Crippen LogP contribution in [0.3, 0.4) is 0 Å². The maximum absolute atomic E-state index is 5.37. The molecule has 1 aromatic rings. The molecule has 0 aliphatic rings. The summed E-state index contributed by atoms with van der Waals surface area (Å²) in [5.74, 6) is 0. The van der Waals surface area contributed by atoms with Gasteiger partial charge in [-0.15, -0.1) is 0 Å². The van der Waals surface area contributed by atoms with Crippen LogP contribution in [0.5, 0.6) is 0 Å². The Balaban J connectivity index is 2.60. The van der Waals surface area contributed by atoms with Gasteiger partial charge in [-0.1, -0.05) is 0 Å². The first-order valence-electron chi connectivity index (χ1n) is 3.85. The average molecular weight is 154 g/mol. The molecule has 0 saturated carbocycles. The third-order valence-corrected chi connectivity index (χ3v) is 1.57. The molecule has 0 spiro atoms. The molecule has 0 radical (unpaired) electrons. The topological polar surface area (TPSA) is 27.1 Å². The molecule has 3 heteroatoms. The zero-order chi connectivity index (χ0) is 8.27. The fraction of sp³-hybridized carbons (Fsp3) is 0.625. The Morgan fingerprint density at radius 2 is 2.45 bits per heavy atom. The molecule has 62 valence electrons. The summed E-state index contributed by atoms with van der Waals surface area (Å²) in [5, 5.41) is 4.22. The van der Waals surface area contributed by atoms with Crippen molar-refractivity contribution in [2.24, 2.45) is 7.05 Å². The summed E-state index contributed by atoms with van der Waals surface area (Å²) in [5.41, 5.74) is 0.995. The minimum atomic E-state index is 0.112. The van der Waals surface area contributed by atoms with Crippen LogP contribution in [0.4, 0.5) is 0 Å². The SMILES string of the molecule is CCOC(C)c1ccn(C)n1.